The average molecular weight is 216 g/mol. The Morgan fingerprint density at radius 3 is 2.92 bits per heavy atom. The van der Waals surface area contributed by atoms with Gasteiger partial charge in [-0.2, -0.15) is 0 Å². The molecule has 0 heterocycles. The topological polar surface area (TPSA) is 12.0 Å². The highest BCUT2D eigenvalue weighted by Gasteiger charge is 1.96. The van der Waals surface area contributed by atoms with Crippen molar-refractivity contribution in [2.75, 3.05) is 11.9 Å². The quantitative estimate of drug-likeness (QED) is 0.809. The molecule has 1 nitrogen and oxygen atoms in total. The Kier molecular flexibility index (Phi) is 4.13. The normalized spacial score (nSPS) is 10.7. The van der Waals surface area contributed by atoms with Gasteiger partial charge in [-0.1, -0.05) is 35.3 Å². The van der Waals surface area contributed by atoms with Gasteiger partial charge >= 0.3 is 0 Å². The molecule has 1 aromatic rings. The number of aryl methyl sites for hydroxylation is 1. The fourth-order valence-corrected chi connectivity index (χ4v) is 1.26. The van der Waals surface area contributed by atoms with E-state index in [0.717, 1.165) is 10.7 Å². The van der Waals surface area contributed by atoms with Crippen LogP contribution in [0, 0.1) is 6.92 Å². The van der Waals surface area contributed by atoms with Crippen molar-refractivity contribution in [1.29, 1.82) is 0 Å². The van der Waals surface area contributed by atoms with E-state index in [0.29, 0.717) is 6.54 Å². The predicted molar refractivity (Wildman–Crippen MR) is 59.7 cm³/mol. The van der Waals surface area contributed by atoms with Crippen LogP contribution in [0.15, 0.2) is 29.8 Å². The maximum Gasteiger partial charge on any atom is 0.0426 e. The van der Waals surface area contributed by atoms with Crippen LogP contribution in [-0.2, 0) is 0 Å². The van der Waals surface area contributed by atoms with Gasteiger partial charge in [-0.25, -0.2) is 0 Å². The Hall–Kier alpha value is -0.660. The van der Waals surface area contributed by atoms with Crippen molar-refractivity contribution in [2.24, 2.45) is 0 Å². The third-order valence-electron chi connectivity index (χ3n) is 1.70. The average Bonchev–Trinajstić information content (AvgIpc) is 2.11. The maximum absolute atomic E-state index is 5.85. The zero-order chi connectivity index (χ0) is 9.68. The van der Waals surface area contributed by atoms with Crippen molar-refractivity contribution in [3.05, 3.63) is 40.4 Å². The van der Waals surface area contributed by atoms with Gasteiger partial charge in [-0.3, -0.25) is 0 Å². The lowest BCUT2D eigenvalue weighted by molar-refractivity contribution is 1.30. The minimum Gasteiger partial charge on any atom is -0.381 e. The monoisotopic (exact) mass is 215 g/mol. The molecule has 0 saturated carbocycles. The van der Waals surface area contributed by atoms with Crippen LogP contribution in [0.1, 0.15) is 5.56 Å². The smallest absolute Gasteiger partial charge is 0.0426 e. The SMILES string of the molecule is Cc1ccc(Cl)cc1NC/C=C/Cl. The highest BCUT2D eigenvalue weighted by molar-refractivity contribution is 6.30. The second-order valence-corrected chi connectivity index (χ2v) is 3.39. The molecule has 1 rings (SSSR count). The molecule has 1 aromatic carbocycles. The van der Waals surface area contributed by atoms with E-state index >= 15 is 0 Å². The minimum absolute atomic E-state index is 0.713. The number of nitrogens with one attached hydrogen (secondary N) is 1. The van der Waals surface area contributed by atoms with Crippen LogP contribution in [0.5, 0.6) is 0 Å². The van der Waals surface area contributed by atoms with Crippen LogP contribution in [0.2, 0.25) is 5.02 Å². The minimum atomic E-state index is 0.713. The highest BCUT2D eigenvalue weighted by Crippen LogP contribution is 2.19. The lowest BCUT2D eigenvalue weighted by Crippen LogP contribution is -1.99. The summed E-state index contributed by atoms with van der Waals surface area (Å²) in [4.78, 5) is 0. The first kappa shape index (κ1) is 10.4. The zero-order valence-electron chi connectivity index (χ0n) is 7.35. The summed E-state index contributed by atoms with van der Waals surface area (Å²) in [6.45, 7) is 2.74. The van der Waals surface area contributed by atoms with Gasteiger partial charge in [0.05, 0.1) is 0 Å². The third-order valence-corrected chi connectivity index (χ3v) is 2.11. The van der Waals surface area contributed by atoms with Gasteiger partial charge in [-0.15, -0.1) is 0 Å². The molecule has 0 atom stereocenters. The van der Waals surface area contributed by atoms with Crippen LogP contribution in [0.25, 0.3) is 0 Å². The zero-order valence-corrected chi connectivity index (χ0v) is 8.86. The fourth-order valence-electron chi connectivity index (χ4n) is 0.998. The molecule has 3 heteroatoms. The van der Waals surface area contributed by atoms with Crippen molar-refractivity contribution in [2.45, 2.75) is 6.92 Å². The summed E-state index contributed by atoms with van der Waals surface area (Å²) >= 11 is 11.2. The van der Waals surface area contributed by atoms with Gasteiger partial charge in [0.2, 0.25) is 0 Å². The van der Waals surface area contributed by atoms with Crippen molar-refractivity contribution in [3.8, 4) is 0 Å². The molecule has 0 amide bonds. The molecule has 0 unspecified atom stereocenters. The van der Waals surface area contributed by atoms with Gasteiger partial charge in [0.1, 0.15) is 0 Å². The van der Waals surface area contributed by atoms with Crippen LogP contribution >= 0.6 is 23.2 Å². The lowest BCUT2D eigenvalue weighted by atomic mass is 10.2. The molecular formula is C10H11Cl2N. The number of hydrogen-bond donors (Lipinski definition) is 1. The Labute approximate surface area is 88.4 Å². The largest absolute Gasteiger partial charge is 0.381 e. The summed E-state index contributed by atoms with van der Waals surface area (Å²) in [5.41, 5.74) is 3.71. The van der Waals surface area contributed by atoms with Gasteiger partial charge in [-0.05, 0) is 24.6 Å². The van der Waals surface area contributed by atoms with Crippen molar-refractivity contribution >= 4 is 28.9 Å². The van der Waals surface area contributed by atoms with Crippen molar-refractivity contribution in [1.82, 2.24) is 0 Å². The van der Waals surface area contributed by atoms with E-state index in [1.807, 2.05) is 31.2 Å². The van der Waals surface area contributed by atoms with Gasteiger partial charge in [0.15, 0.2) is 0 Å². The molecule has 70 valence electrons. The second-order valence-electron chi connectivity index (χ2n) is 2.70. The first-order valence-corrected chi connectivity index (χ1v) is 4.80. The van der Waals surface area contributed by atoms with Crippen LogP contribution < -0.4 is 5.32 Å². The number of benzene rings is 1. The van der Waals surface area contributed by atoms with Crippen molar-refractivity contribution < 1.29 is 0 Å². The van der Waals surface area contributed by atoms with Gasteiger partial charge in [0, 0.05) is 22.8 Å². The molecule has 0 saturated heterocycles. The summed E-state index contributed by atoms with van der Waals surface area (Å²) in [5, 5.41) is 3.94. The molecule has 0 fully saturated rings. The standard InChI is InChI=1S/C10H11Cl2N/c1-8-3-4-9(12)7-10(8)13-6-2-5-11/h2-5,7,13H,6H2,1H3/b5-2+. The number of hydrogen-bond acceptors (Lipinski definition) is 1. The fraction of sp³-hybridized carbons (Fsp3) is 0.200. The summed E-state index contributed by atoms with van der Waals surface area (Å²) in [6.07, 6.45) is 1.84. The Morgan fingerprint density at radius 1 is 1.46 bits per heavy atom. The molecule has 0 aliphatic carbocycles. The van der Waals surface area contributed by atoms with E-state index in [-0.39, 0.29) is 0 Å². The van der Waals surface area contributed by atoms with Crippen LogP contribution in [-0.4, -0.2) is 6.54 Å². The predicted octanol–water partition coefficient (Wildman–Crippen LogP) is 3.81. The molecule has 0 bridgehead atoms. The Morgan fingerprint density at radius 2 is 2.23 bits per heavy atom. The van der Waals surface area contributed by atoms with Crippen LogP contribution in [0.4, 0.5) is 5.69 Å². The lowest BCUT2D eigenvalue weighted by Gasteiger charge is -2.07. The summed E-state index contributed by atoms with van der Waals surface area (Å²) in [5.74, 6) is 0. The van der Waals surface area contributed by atoms with Crippen molar-refractivity contribution in [3.63, 3.8) is 0 Å². The number of halogens is 2. The molecule has 13 heavy (non-hydrogen) atoms. The first-order valence-electron chi connectivity index (χ1n) is 3.99. The van der Waals surface area contributed by atoms with E-state index in [1.165, 1.54) is 11.1 Å². The molecule has 0 aliphatic heterocycles. The Balaban J connectivity index is 2.69. The molecule has 0 spiro atoms. The maximum atomic E-state index is 5.85. The Bertz CT molecular complexity index is 308. The van der Waals surface area contributed by atoms with E-state index in [2.05, 4.69) is 5.32 Å². The summed E-state index contributed by atoms with van der Waals surface area (Å²) in [7, 11) is 0. The summed E-state index contributed by atoms with van der Waals surface area (Å²) in [6, 6.07) is 5.76. The third kappa shape index (κ3) is 3.29. The number of rotatable bonds is 3. The highest BCUT2D eigenvalue weighted by atomic mass is 35.5. The van der Waals surface area contributed by atoms with Crippen LogP contribution in [0.3, 0.4) is 0 Å². The molecule has 0 aliphatic rings. The molecular weight excluding hydrogens is 205 g/mol. The first-order chi connectivity index (χ1) is 6.24. The van der Waals surface area contributed by atoms with E-state index in [1.54, 1.807) is 0 Å². The molecule has 0 aromatic heterocycles. The molecule has 1 N–H and O–H groups in total. The van der Waals surface area contributed by atoms with Gasteiger partial charge < -0.3 is 5.32 Å². The van der Waals surface area contributed by atoms with Gasteiger partial charge in [0.25, 0.3) is 0 Å². The van der Waals surface area contributed by atoms with E-state index in [4.69, 9.17) is 23.2 Å². The van der Waals surface area contributed by atoms with E-state index < -0.39 is 0 Å². The molecule has 0 radical (unpaired) electrons. The summed E-state index contributed by atoms with van der Waals surface area (Å²) < 4.78 is 0. The second kappa shape index (κ2) is 5.15. The number of anilines is 1. The van der Waals surface area contributed by atoms with E-state index in [9.17, 15) is 0 Å².